The highest BCUT2D eigenvalue weighted by molar-refractivity contribution is 5.79. The lowest BCUT2D eigenvalue weighted by molar-refractivity contribution is 0.119. The maximum atomic E-state index is 12.2. The van der Waals surface area contributed by atoms with Gasteiger partial charge >= 0.3 is 5.69 Å². The van der Waals surface area contributed by atoms with Crippen LogP contribution in [0.15, 0.2) is 47.3 Å². The monoisotopic (exact) mass is 367 g/mol. The predicted molar refractivity (Wildman–Crippen MR) is 105 cm³/mol. The van der Waals surface area contributed by atoms with E-state index in [0.29, 0.717) is 13.0 Å². The first kappa shape index (κ1) is 17.8. The Morgan fingerprint density at radius 3 is 2.81 bits per heavy atom. The molecule has 27 heavy (non-hydrogen) atoms. The van der Waals surface area contributed by atoms with Crippen LogP contribution in [-0.2, 0) is 13.0 Å². The number of H-pyrrole nitrogens is 1. The fourth-order valence-electron chi connectivity index (χ4n) is 4.01. The summed E-state index contributed by atoms with van der Waals surface area (Å²) in [5, 5.41) is 23.9. The quantitative estimate of drug-likeness (QED) is 0.558. The highest BCUT2D eigenvalue weighted by atomic mass is 16.3. The van der Waals surface area contributed by atoms with Crippen LogP contribution in [0.5, 0.6) is 5.75 Å². The molecule has 3 atom stereocenters. The van der Waals surface area contributed by atoms with Gasteiger partial charge in [0.15, 0.2) is 0 Å². The Kier molecular flexibility index (Phi) is 4.76. The van der Waals surface area contributed by atoms with E-state index in [-0.39, 0.29) is 23.5 Å². The normalized spacial score (nSPS) is 20.5. The highest BCUT2D eigenvalue weighted by Crippen LogP contribution is 2.30. The second kappa shape index (κ2) is 7.21. The largest absolute Gasteiger partial charge is 0.508 e. The summed E-state index contributed by atoms with van der Waals surface area (Å²) in [7, 11) is 0. The van der Waals surface area contributed by atoms with Gasteiger partial charge in [0.05, 0.1) is 17.1 Å². The second-order valence-corrected chi connectivity index (χ2v) is 7.44. The Morgan fingerprint density at radius 1 is 1.26 bits per heavy atom. The van der Waals surface area contributed by atoms with E-state index in [0.717, 1.165) is 29.4 Å². The summed E-state index contributed by atoms with van der Waals surface area (Å²) in [6, 6.07) is 13.0. The van der Waals surface area contributed by atoms with Gasteiger partial charge in [0.25, 0.3) is 0 Å². The molecule has 3 aromatic rings. The van der Waals surface area contributed by atoms with Crippen LogP contribution in [0.1, 0.15) is 37.0 Å². The topological polar surface area (TPSA) is 90.3 Å². The Hall–Kier alpha value is -2.57. The molecule has 0 bridgehead atoms. The SMILES string of the molecule is C[C@@H](CCc1ccc(O)cc1)NC1CCn2c(=O)[nH]c3cccc(c32)C1O. The molecule has 6 heteroatoms. The molecule has 0 saturated heterocycles. The molecule has 1 aliphatic rings. The minimum atomic E-state index is -0.659. The molecule has 1 aromatic heterocycles. The number of imidazole rings is 1. The Labute approximate surface area is 157 Å². The number of aromatic nitrogens is 2. The van der Waals surface area contributed by atoms with Gasteiger partial charge < -0.3 is 20.5 Å². The third-order valence-electron chi connectivity index (χ3n) is 5.49. The van der Waals surface area contributed by atoms with Crippen LogP contribution >= 0.6 is 0 Å². The minimum Gasteiger partial charge on any atom is -0.508 e. The predicted octanol–water partition coefficient (Wildman–Crippen LogP) is 2.45. The van der Waals surface area contributed by atoms with Crippen molar-refractivity contribution in [2.75, 3.05) is 0 Å². The van der Waals surface area contributed by atoms with Crippen molar-refractivity contribution in [3.8, 4) is 5.75 Å². The molecular formula is C21H25N3O3. The van der Waals surface area contributed by atoms with Crippen LogP contribution < -0.4 is 11.0 Å². The van der Waals surface area contributed by atoms with E-state index in [9.17, 15) is 15.0 Å². The number of para-hydroxylation sites is 1. The smallest absolute Gasteiger partial charge is 0.326 e. The second-order valence-electron chi connectivity index (χ2n) is 7.44. The van der Waals surface area contributed by atoms with Crippen molar-refractivity contribution in [2.45, 2.75) is 50.9 Å². The van der Waals surface area contributed by atoms with Crippen molar-refractivity contribution in [2.24, 2.45) is 0 Å². The molecule has 2 aromatic carbocycles. The van der Waals surface area contributed by atoms with E-state index in [2.05, 4.69) is 17.2 Å². The standard InChI is InChI=1S/C21H25N3O3/c1-13(5-6-14-7-9-15(25)10-8-14)22-18-11-12-24-19-16(20(18)26)3-2-4-17(19)23-21(24)27/h2-4,7-10,13,18,20,22,25-26H,5-6,11-12H2,1H3,(H,23,27)/t13-,18?,20?/m0/s1. The van der Waals surface area contributed by atoms with Crippen LogP contribution in [0.4, 0.5) is 0 Å². The highest BCUT2D eigenvalue weighted by Gasteiger charge is 2.29. The lowest BCUT2D eigenvalue weighted by Crippen LogP contribution is -2.41. The number of aromatic amines is 1. The number of nitrogens with one attached hydrogen (secondary N) is 2. The summed E-state index contributed by atoms with van der Waals surface area (Å²) in [5.74, 6) is 0.277. The van der Waals surface area contributed by atoms with Crippen molar-refractivity contribution >= 4 is 11.0 Å². The van der Waals surface area contributed by atoms with Gasteiger partial charge in [0.1, 0.15) is 5.75 Å². The first-order valence-electron chi connectivity index (χ1n) is 9.46. The first-order chi connectivity index (χ1) is 13.0. The molecule has 0 amide bonds. The zero-order valence-corrected chi connectivity index (χ0v) is 15.4. The number of hydrogen-bond acceptors (Lipinski definition) is 4. The van der Waals surface area contributed by atoms with Crippen LogP contribution in [0.2, 0.25) is 0 Å². The number of aliphatic hydroxyl groups excluding tert-OH is 1. The van der Waals surface area contributed by atoms with Gasteiger partial charge in [-0.15, -0.1) is 0 Å². The fourth-order valence-corrected chi connectivity index (χ4v) is 4.01. The van der Waals surface area contributed by atoms with Crippen LogP contribution in [0.3, 0.4) is 0 Å². The average Bonchev–Trinajstić information content (AvgIpc) is 2.91. The van der Waals surface area contributed by atoms with Gasteiger partial charge in [-0.1, -0.05) is 24.3 Å². The third kappa shape index (κ3) is 3.50. The molecule has 4 rings (SSSR count). The number of phenols is 1. The maximum Gasteiger partial charge on any atom is 0.326 e. The van der Waals surface area contributed by atoms with Crippen LogP contribution in [-0.4, -0.2) is 31.8 Å². The molecule has 2 unspecified atom stereocenters. The van der Waals surface area contributed by atoms with Crippen molar-refractivity contribution in [3.63, 3.8) is 0 Å². The lowest BCUT2D eigenvalue weighted by Gasteiger charge is -2.26. The molecule has 4 N–H and O–H groups in total. The van der Waals surface area contributed by atoms with Crippen molar-refractivity contribution in [1.29, 1.82) is 0 Å². The number of aromatic hydroxyl groups is 1. The number of rotatable bonds is 5. The van der Waals surface area contributed by atoms with E-state index in [1.54, 1.807) is 16.7 Å². The van der Waals surface area contributed by atoms with E-state index in [1.807, 2.05) is 30.3 Å². The molecule has 0 spiro atoms. The Morgan fingerprint density at radius 2 is 2.04 bits per heavy atom. The van der Waals surface area contributed by atoms with E-state index < -0.39 is 6.10 Å². The van der Waals surface area contributed by atoms with E-state index in [1.165, 1.54) is 5.56 Å². The van der Waals surface area contributed by atoms with E-state index >= 15 is 0 Å². The Bertz CT molecular complexity index is 990. The molecule has 0 aliphatic carbocycles. The summed E-state index contributed by atoms with van der Waals surface area (Å²) in [6.07, 6.45) is 1.85. The lowest BCUT2D eigenvalue weighted by atomic mass is 9.98. The number of phenolic OH excluding ortho intramolecular Hbond substituents is 1. The molecule has 142 valence electrons. The molecular weight excluding hydrogens is 342 g/mol. The molecule has 0 radical (unpaired) electrons. The first-order valence-corrected chi connectivity index (χ1v) is 9.46. The van der Waals surface area contributed by atoms with Crippen molar-refractivity contribution in [3.05, 3.63) is 64.1 Å². The van der Waals surface area contributed by atoms with Gasteiger partial charge in [-0.2, -0.15) is 0 Å². The van der Waals surface area contributed by atoms with E-state index in [4.69, 9.17) is 0 Å². The molecule has 6 nitrogen and oxygen atoms in total. The van der Waals surface area contributed by atoms with Gasteiger partial charge in [0, 0.05) is 24.2 Å². The van der Waals surface area contributed by atoms with Crippen LogP contribution in [0, 0.1) is 0 Å². The maximum absolute atomic E-state index is 12.2. The van der Waals surface area contributed by atoms with Crippen LogP contribution in [0.25, 0.3) is 11.0 Å². The summed E-state index contributed by atoms with van der Waals surface area (Å²) >= 11 is 0. The fraction of sp³-hybridized carbons (Fsp3) is 0.381. The number of aryl methyl sites for hydroxylation is 2. The Balaban J connectivity index is 1.46. The summed E-state index contributed by atoms with van der Waals surface area (Å²) in [5.41, 5.74) is 3.45. The number of aliphatic hydroxyl groups is 1. The summed E-state index contributed by atoms with van der Waals surface area (Å²) in [4.78, 5) is 15.1. The molecule has 0 saturated carbocycles. The molecule has 1 aliphatic heterocycles. The molecule has 2 heterocycles. The van der Waals surface area contributed by atoms with Gasteiger partial charge in [-0.3, -0.25) is 4.57 Å². The molecule has 0 fully saturated rings. The third-order valence-corrected chi connectivity index (χ3v) is 5.49. The summed E-state index contributed by atoms with van der Waals surface area (Å²) < 4.78 is 1.73. The van der Waals surface area contributed by atoms with Gasteiger partial charge in [-0.25, -0.2) is 4.79 Å². The van der Waals surface area contributed by atoms with Gasteiger partial charge in [0.2, 0.25) is 0 Å². The van der Waals surface area contributed by atoms with Crippen molar-refractivity contribution < 1.29 is 10.2 Å². The zero-order valence-electron chi connectivity index (χ0n) is 15.4. The number of nitrogens with zero attached hydrogens (tertiary/aromatic N) is 1. The van der Waals surface area contributed by atoms with Gasteiger partial charge in [-0.05, 0) is 49.9 Å². The average molecular weight is 367 g/mol. The number of benzene rings is 2. The minimum absolute atomic E-state index is 0.107. The zero-order chi connectivity index (χ0) is 19.0. The summed E-state index contributed by atoms with van der Waals surface area (Å²) in [6.45, 7) is 2.70. The van der Waals surface area contributed by atoms with Crippen molar-refractivity contribution in [1.82, 2.24) is 14.9 Å². The number of hydrogen-bond donors (Lipinski definition) is 4.